The summed E-state index contributed by atoms with van der Waals surface area (Å²) in [6, 6.07) is 0. The maximum atomic E-state index is 12.9. The fourth-order valence-corrected chi connectivity index (χ4v) is 8.59. The minimum absolute atomic E-state index is 0.183. The first-order valence-corrected chi connectivity index (χ1v) is 30.5. The van der Waals surface area contributed by atoms with Gasteiger partial charge in [-0.2, -0.15) is 0 Å². The van der Waals surface area contributed by atoms with Gasteiger partial charge in [-0.15, -0.1) is 0 Å². The molecule has 9 heteroatoms. The second-order valence-electron chi connectivity index (χ2n) is 21.6. The first-order chi connectivity index (χ1) is 35.6. The summed E-state index contributed by atoms with van der Waals surface area (Å²) in [5.74, 6) is -2.02. The molecule has 0 aromatic rings. The van der Waals surface area contributed by atoms with Crippen molar-refractivity contribution in [3.8, 4) is 0 Å². The first kappa shape index (κ1) is 70.0. The summed E-state index contributed by atoms with van der Waals surface area (Å²) >= 11 is 0. The Labute approximate surface area is 450 Å². The maximum absolute atomic E-state index is 12.9. The van der Waals surface area contributed by atoms with Gasteiger partial charge in [0.05, 0.1) is 34.4 Å². The van der Waals surface area contributed by atoms with Crippen molar-refractivity contribution >= 4 is 17.9 Å². The van der Waals surface area contributed by atoms with E-state index in [1.165, 1.54) is 154 Å². The van der Waals surface area contributed by atoms with Gasteiger partial charge < -0.3 is 28.5 Å². The predicted octanol–water partition coefficient (Wildman–Crippen LogP) is 18.0. The molecule has 1 N–H and O–H groups in total. The van der Waals surface area contributed by atoms with Crippen LogP contribution in [0, 0.1) is 0 Å². The number of hydrogen-bond donors (Lipinski definition) is 1. The van der Waals surface area contributed by atoms with E-state index in [2.05, 4.69) is 74.6 Å². The van der Waals surface area contributed by atoms with Crippen LogP contribution in [-0.2, 0) is 33.3 Å². The van der Waals surface area contributed by atoms with E-state index in [1.54, 1.807) is 0 Å². The molecule has 2 unspecified atom stereocenters. The second-order valence-corrected chi connectivity index (χ2v) is 21.6. The van der Waals surface area contributed by atoms with Gasteiger partial charge in [-0.25, -0.2) is 4.79 Å². The van der Waals surface area contributed by atoms with Gasteiger partial charge in [0.1, 0.15) is 13.2 Å². The molecule has 0 rings (SSSR count). The third-order valence-corrected chi connectivity index (χ3v) is 13.3. The Morgan fingerprint density at radius 2 is 0.781 bits per heavy atom. The summed E-state index contributed by atoms with van der Waals surface area (Å²) in [5, 5.41) is 9.71. The van der Waals surface area contributed by atoms with E-state index in [1.807, 2.05) is 21.1 Å². The van der Waals surface area contributed by atoms with Gasteiger partial charge in [0.2, 0.25) is 0 Å². The molecule has 0 saturated heterocycles. The van der Waals surface area contributed by atoms with E-state index in [-0.39, 0.29) is 32.2 Å². The Morgan fingerprint density at radius 3 is 1.18 bits per heavy atom. The number of allylic oxidation sites excluding steroid dienone is 10. The molecule has 0 aliphatic carbocycles. The molecule has 0 saturated carbocycles. The Hall–Kier alpha value is -3.01. The lowest BCUT2D eigenvalue weighted by Gasteiger charge is -2.25. The van der Waals surface area contributed by atoms with Crippen molar-refractivity contribution in [2.24, 2.45) is 0 Å². The molecule has 73 heavy (non-hydrogen) atoms. The Morgan fingerprint density at radius 1 is 0.425 bits per heavy atom. The molecule has 0 aliphatic heterocycles. The van der Waals surface area contributed by atoms with Crippen molar-refractivity contribution in [2.75, 3.05) is 47.5 Å². The topological polar surface area (TPSA) is 108 Å². The van der Waals surface area contributed by atoms with Crippen LogP contribution in [0.4, 0.5) is 0 Å². The number of carboxylic acids is 1. The Bertz CT molecular complexity index is 1380. The normalized spacial score (nSPS) is 13.2. The van der Waals surface area contributed by atoms with Crippen LogP contribution in [-0.4, -0.2) is 87.4 Å². The van der Waals surface area contributed by atoms with Crippen LogP contribution in [0.1, 0.15) is 271 Å². The predicted molar refractivity (Wildman–Crippen MR) is 309 cm³/mol. The highest BCUT2D eigenvalue weighted by Crippen LogP contribution is 2.17. The zero-order chi connectivity index (χ0) is 53.4. The molecule has 424 valence electrons. The number of unbranched alkanes of at least 4 members (excludes halogenated alkanes) is 31. The number of carbonyl (C=O) groups is 3. The lowest BCUT2D eigenvalue weighted by atomic mass is 10.0. The van der Waals surface area contributed by atoms with Crippen LogP contribution >= 0.6 is 0 Å². The Balaban J connectivity index is 4.16. The molecule has 9 nitrogen and oxygen atoms in total. The van der Waals surface area contributed by atoms with Gasteiger partial charge in [0.25, 0.3) is 6.29 Å². The molecule has 0 aromatic carbocycles. The van der Waals surface area contributed by atoms with Crippen molar-refractivity contribution in [2.45, 2.75) is 283 Å². The molecule has 2 atom stereocenters. The molecule has 0 radical (unpaired) electrons. The van der Waals surface area contributed by atoms with Crippen LogP contribution in [0.3, 0.4) is 0 Å². The lowest BCUT2D eigenvalue weighted by molar-refractivity contribution is -0.870. The SMILES string of the molecule is CC/C=C\C/C=C\C/C=C\C/C=C\CCCCCCCCC(=O)OC(COC(=O)CCCCCCCCCCCCCCCCCCC/C=C\CCCCCCCCCC)COC(OCC[N+](C)(C)C)C(=O)O. The number of hydrogen-bond acceptors (Lipinski definition) is 7. The van der Waals surface area contributed by atoms with Crippen LogP contribution in [0.5, 0.6) is 0 Å². The van der Waals surface area contributed by atoms with Gasteiger partial charge in [-0.1, -0.05) is 242 Å². The van der Waals surface area contributed by atoms with E-state index in [0.29, 0.717) is 23.9 Å². The summed E-state index contributed by atoms with van der Waals surface area (Å²) in [5.41, 5.74) is 0. The van der Waals surface area contributed by atoms with Gasteiger partial charge in [-0.05, 0) is 77.0 Å². The Kier molecular flexibility index (Phi) is 53.0. The molecule has 0 fully saturated rings. The highest BCUT2D eigenvalue weighted by Gasteiger charge is 2.25. The van der Waals surface area contributed by atoms with E-state index >= 15 is 0 Å². The third kappa shape index (κ3) is 56.6. The number of esters is 2. The first-order valence-electron chi connectivity index (χ1n) is 30.5. The molecule has 0 aliphatic rings. The number of carboxylic acid groups (broad SMARTS) is 1. The standard InChI is InChI=1S/C64H115NO8/c1-6-8-10-12-14-16-18-20-22-24-26-27-28-29-30-31-32-33-34-35-37-38-40-42-44-46-48-50-52-54-61(66)71-58-60(59-72-64(63(68)69)70-57-56-65(3,4)5)73-62(67)55-53-51-49-47-45-43-41-39-36-25-23-21-19-17-15-13-11-9-7-2/h9,11,15,17,21,23-24,26,36,39,60,64H,6-8,10,12-14,16,18-20,22,25,27-35,37-38,40-59H2,1-5H3/p+1/b11-9-,17-15-,23-21-,26-24-,39-36-. The number of rotatable bonds is 56. The van der Waals surface area contributed by atoms with E-state index < -0.39 is 24.3 Å². The highest BCUT2D eigenvalue weighted by molar-refractivity contribution is 5.71. The zero-order valence-corrected chi connectivity index (χ0v) is 48.3. The van der Waals surface area contributed by atoms with E-state index in [4.69, 9.17) is 18.9 Å². The molecule has 0 amide bonds. The van der Waals surface area contributed by atoms with Crippen molar-refractivity contribution in [1.82, 2.24) is 0 Å². The average molecular weight is 1030 g/mol. The number of aliphatic carboxylic acids is 1. The molecule has 0 bridgehead atoms. The van der Waals surface area contributed by atoms with Gasteiger partial charge >= 0.3 is 17.9 Å². The number of quaternary nitrogens is 1. The average Bonchev–Trinajstić information content (AvgIpc) is 3.36. The number of nitrogens with zero attached hydrogens (tertiary/aromatic N) is 1. The van der Waals surface area contributed by atoms with Crippen LogP contribution in [0.2, 0.25) is 0 Å². The summed E-state index contributed by atoms with van der Waals surface area (Å²) in [6.07, 6.45) is 67.4. The number of ether oxygens (including phenoxy) is 4. The highest BCUT2D eigenvalue weighted by atomic mass is 16.7. The van der Waals surface area contributed by atoms with Crippen molar-refractivity contribution in [3.05, 3.63) is 60.8 Å². The fraction of sp³-hybridized carbons (Fsp3) is 0.797. The number of likely N-dealkylation sites (N-methyl/N-ethyl adjacent to an activating group) is 1. The zero-order valence-electron chi connectivity index (χ0n) is 48.3. The second kappa shape index (κ2) is 55.2. The van der Waals surface area contributed by atoms with Crippen LogP contribution < -0.4 is 0 Å². The summed E-state index contributed by atoms with van der Waals surface area (Å²) in [7, 11) is 5.97. The van der Waals surface area contributed by atoms with Crippen LogP contribution in [0.25, 0.3) is 0 Å². The molecule has 0 heterocycles. The monoisotopic (exact) mass is 1030 g/mol. The van der Waals surface area contributed by atoms with Crippen molar-refractivity contribution in [3.63, 3.8) is 0 Å². The van der Waals surface area contributed by atoms with Gasteiger partial charge in [-0.3, -0.25) is 9.59 Å². The smallest absolute Gasteiger partial charge is 0.361 e. The number of carbonyl (C=O) groups excluding carboxylic acids is 2. The maximum Gasteiger partial charge on any atom is 0.361 e. The van der Waals surface area contributed by atoms with E-state index in [9.17, 15) is 19.5 Å². The van der Waals surface area contributed by atoms with Gasteiger partial charge in [0.15, 0.2) is 6.10 Å². The van der Waals surface area contributed by atoms with Crippen molar-refractivity contribution < 1.29 is 42.9 Å². The van der Waals surface area contributed by atoms with E-state index in [0.717, 1.165) is 83.5 Å². The largest absolute Gasteiger partial charge is 0.477 e. The lowest BCUT2D eigenvalue weighted by Crippen LogP contribution is -2.40. The molecule has 0 aromatic heterocycles. The molecular formula is C64H116NO8+. The minimum atomic E-state index is -1.52. The molecular weight excluding hydrogens is 911 g/mol. The third-order valence-electron chi connectivity index (χ3n) is 13.3. The fourth-order valence-electron chi connectivity index (χ4n) is 8.59. The van der Waals surface area contributed by atoms with Crippen LogP contribution in [0.15, 0.2) is 60.8 Å². The summed E-state index contributed by atoms with van der Waals surface area (Å²) in [4.78, 5) is 37.4. The quantitative estimate of drug-likeness (QED) is 0.0211. The summed E-state index contributed by atoms with van der Waals surface area (Å²) < 4.78 is 22.9. The van der Waals surface area contributed by atoms with Crippen molar-refractivity contribution in [1.29, 1.82) is 0 Å². The summed E-state index contributed by atoms with van der Waals surface area (Å²) in [6.45, 7) is 4.77. The van der Waals surface area contributed by atoms with Gasteiger partial charge in [0, 0.05) is 12.8 Å². The molecule has 0 spiro atoms. The minimum Gasteiger partial charge on any atom is -0.477 e.